The molecule has 0 bridgehead atoms. The highest BCUT2D eigenvalue weighted by Crippen LogP contribution is 1.88. The van der Waals surface area contributed by atoms with Gasteiger partial charge in [0.15, 0.2) is 0 Å². The van der Waals surface area contributed by atoms with Crippen LogP contribution in [0.15, 0.2) is 0 Å². The van der Waals surface area contributed by atoms with Crippen molar-refractivity contribution in [2.24, 2.45) is 0 Å². The molecule has 42 valence electrons. The maximum atomic E-state index is 6.63. The molecular formula is C5H11NO. The summed E-state index contributed by atoms with van der Waals surface area (Å²) in [7, 11) is 1.65. The SMILES string of the molecule is COC(C)CC=N. The van der Waals surface area contributed by atoms with Crippen molar-refractivity contribution in [3.05, 3.63) is 0 Å². The molecule has 0 heterocycles. The minimum atomic E-state index is 0.206. The van der Waals surface area contributed by atoms with E-state index in [1.807, 2.05) is 6.92 Å². The molecule has 0 aromatic heterocycles. The maximum absolute atomic E-state index is 6.63. The van der Waals surface area contributed by atoms with E-state index in [2.05, 4.69) is 0 Å². The van der Waals surface area contributed by atoms with Gasteiger partial charge in [-0.1, -0.05) is 0 Å². The Hall–Kier alpha value is -0.370. The molecule has 0 spiro atoms. The molecule has 0 saturated heterocycles. The fourth-order valence-corrected chi connectivity index (χ4v) is 0.262. The summed E-state index contributed by atoms with van der Waals surface area (Å²) in [6.45, 7) is 1.94. The highest BCUT2D eigenvalue weighted by atomic mass is 16.5. The number of nitrogens with one attached hydrogen (secondary N) is 1. The topological polar surface area (TPSA) is 33.1 Å². The molecular weight excluding hydrogens is 90.1 g/mol. The van der Waals surface area contributed by atoms with E-state index < -0.39 is 0 Å². The molecule has 0 amide bonds. The van der Waals surface area contributed by atoms with Crippen molar-refractivity contribution >= 4 is 6.21 Å². The summed E-state index contributed by atoms with van der Waals surface area (Å²) in [4.78, 5) is 0. The predicted octanol–water partition coefficient (Wildman–Crippen LogP) is 1.06. The van der Waals surface area contributed by atoms with Crippen molar-refractivity contribution in [3.8, 4) is 0 Å². The van der Waals surface area contributed by atoms with Crippen LogP contribution in [-0.2, 0) is 4.74 Å². The van der Waals surface area contributed by atoms with Crippen LogP contribution in [0.3, 0.4) is 0 Å². The fourth-order valence-electron chi connectivity index (χ4n) is 0.262. The molecule has 7 heavy (non-hydrogen) atoms. The van der Waals surface area contributed by atoms with Crippen molar-refractivity contribution in [1.82, 2.24) is 0 Å². The first-order chi connectivity index (χ1) is 3.31. The first-order valence-electron chi connectivity index (χ1n) is 2.33. The Labute approximate surface area is 44.0 Å². The van der Waals surface area contributed by atoms with Gasteiger partial charge in [0.2, 0.25) is 0 Å². The van der Waals surface area contributed by atoms with Gasteiger partial charge in [-0.3, -0.25) is 0 Å². The van der Waals surface area contributed by atoms with Crippen molar-refractivity contribution in [2.45, 2.75) is 19.4 Å². The molecule has 1 unspecified atom stereocenters. The van der Waals surface area contributed by atoms with Gasteiger partial charge < -0.3 is 10.1 Å². The molecule has 0 aliphatic heterocycles. The lowest BCUT2D eigenvalue weighted by atomic mass is 10.3. The Bertz CT molecular complexity index is 54.0. The van der Waals surface area contributed by atoms with Crippen LogP contribution in [-0.4, -0.2) is 19.4 Å². The van der Waals surface area contributed by atoms with Crippen LogP contribution in [0.4, 0.5) is 0 Å². The van der Waals surface area contributed by atoms with Gasteiger partial charge in [-0.2, -0.15) is 0 Å². The average molecular weight is 101 g/mol. The number of hydrogen-bond acceptors (Lipinski definition) is 2. The Morgan fingerprint density at radius 1 is 1.86 bits per heavy atom. The van der Waals surface area contributed by atoms with Crippen molar-refractivity contribution in [1.29, 1.82) is 5.41 Å². The van der Waals surface area contributed by atoms with Gasteiger partial charge in [-0.05, 0) is 13.1 Å². The summed E-state index contributed by atoms with van der Waals surface area (Å²) in [5.74, 6) is 0. The van der Waals surface area contributed by atoms with Gasteiger partial charge in [0, 0.05) is 13.5 Å². The lowest BCUT2D eigenvalue weighted by Gasteiger charge is -2.01. The second-order valence-electron chi connectivity index (χ2n) is 1.49. The first kappa shape index (κ1) is 6.63. The smallest absolute Gasteiger partial charge is 0.0592 e. The third-order valence-electron chi connectivity index (χ3n) is 0.852. The Balaban J connectivity index is 2.98. The standard InChI is InChI=1S/C5H11NO/c1-5(7-2)3-4-6/h4-6H,3H2,1-2H3. The maximum Gasteiger partial charge on any atom is 0.0592 e. The third-order valence-corrected chi connectivity index (χ3v) is 0.852. The molecule has 0 aliphatic carbocycles. The van der Waals surface area contributed by atoms with Gasteiger partial charge in [0.25, 0.3) is 0 Å². The Morgan fingerprint density at radius 2 is 2.43 bits per heavy atom. The van der Waals surface area contributed by atoms with Crippen molar-refractivity contribution < 1.29 is 4.74 Å². The molecule has 0 aromatic carbocycles. The molecule has 0 saturated carbocycles. The molecule has 2 heteroatoms. The van der Waals surface area contributed by atoms with Crippen LogP contribution in [0.2, 0.25) is 0 Å². The van der Waals surface area contributed by atoms with E-state index in [0.717, 1.165) is 6.42 Å². The first-order valence-corrected chi connectivity index (χ1v) is 2.33. The summed E-state index contributed by atoms with van der Waals surface area (Å²) >= 11 is 0. The summed E-state index contributed by atoms with van der Waals surface area (Å²) < 4.78 is 4.84. The quantitative estimate of drug-likeness (QED) is 0.530. The van der Waals surface area contributed by atoms with Gasteiger partial charge >= 0.3 is 0 Å². The zero-order valence-corrected chi connectivity index (χ0v) is 4.77. The molecule has 1 N–H and O–H groups in total. The average Bonchev–Trinajstić information content (AvgIpc) is 1.68. The highest BCUT2D eigenvalue weighted by Gasteiger charge is 1.91. The van der Waals surface area contributed by atoms with Crippen LogP contribution in [0.25, 0.3) is 0 Å². The van der Waals surface area contributed by atoms with Crippen molar-refractivity contribution in [3.63, 3.8) is 0 Å². The van der Waals surface area contributed by atoms with E-state index in [9.17, 15) is 0 Å². The zero-order valence-electron chi connectivity index (χ0n) is 4.77. The van der Waals surface area contributed by atoms with Gasteiger partial charge in [-0.15, -0.1) is 0 Å². The van der Waals surface area contributed by atoms with Gasteiger partial charge in [-0.25, -0.2) is 0 Å². The minimum Gasteiger partial charge on any atom is -0.381 e. The van der Waals surface area contributed by atoms with E-state index in [1.165, 1.54) is 6.21 Å². The molecule has 0 aliphatic rings. The predicted molar refractivity (Wildman–Crippen MR) is 29.9 cm³/mol. The third kappa shape index (κ3) is 3.46. The van der Waals surface area contributed by atoms with E-state index in [0.29, 0.717) is 0 Å². The van der Waals surface area contributed by atoms with Crippen LogP contribution >= 0.6 is 0 Å². The van der Waals surface area contributed by atoms with E-state index in [1.54, 1.807) is 7.11 Å². The summed E-state index contributed by atoms with van der Waals surface area (Å²) in [5.41, 5.74) is 0. The van der Waals surface area contributed by atoms with Crippen LogP contribution in [0.5, 0.6) is 0 Å². The van der Waals surface area contributed by atoms with Crippen LogP contribution in [0, 0.1) is 5.41 Å². The number of hydrogen-bond donors (Lipinski definition) is 1. The summed E-state index contributed by atoms with van der Waals surface area (Å²) in [6.07, 6.45) is 2.28. The van der Waals surface area contributed by atoms with E-state index in [-0.39, 0.29) is 6.10 Å². The largest absolute Gasteiger partial charge is 0.381 e. The second-order valence-corrected chi connectivity index (χ2v) is 1.49. The van der Waals surface area contributed by atoms with E-state index >= 15 is 0 Å². The second kappa shape index (κ2) is 3.81. The number of ether oxygens (including phenoxy) is 1. The monoisotopic (exact) mass is 101 g/mol. The van der Waals surface area contributed by atoms with Crippen LogP contribution < -0.4 is 0 Å². The van der Waals surface area contributed by atoms with Gasteiger partial charge in [0.05, 0.1) is 6.10 Å². The minimum absolute atomic E-state index is 0.206. The normalized spacial score (nSPS) is 13.4. The fraction of sp³-hybridized carbons (Fsp3) is 0.800. The molecule has 1 atom stereocenters. The van der Waals surface area contributed by atoms with Crippen LogP contribution in [0.1, 0.15) is 13.3 Å². The highest BCUT2D eigenvalue weighted by molar-refractivity contribution is 5.53. The summed E-state index contributed by atoms with van der Waals surface area (Å²) in [5, 5.41) is 6.63. The van der Waals surface area contributed by atoms with Crippen molar-refractivity contribution in [2.75, 3.05) is 7.11 Å². The molecule has 0 radical (unpaired) electrons. The molecule has 0 rings (SSSR count). The van der Waals surface area contributed by atoms with E-state index in [4.69, 9.17) is 10.1 Å². The molecule has 0 aromatic rings. The summed E-state index contributed by atoms with van der Waals surface area (Å²) in [6, 6.07) is 0. The number of methoxy groups -OCH3 is 1. The Kier molecular flexibility index (Phi) is 3.61. The lowest BCUT2D eigenvalue weighted by molar-refractivity contribution is 0.125. The lowest BCUT2D eigenvalue weighted by Crippen LogP contribution is -2.03. The molecule has 0 fully saturated rings. The molecule has 2 nitrogen and oxygen atoms in total. The Morgan fingerprint density at radius 3 is 2.57 bits per heavy atom. The van der Waals surface area contributed by atoms with Gasteiger partial charge in [0.1, 0.15) is 0 Å². The zero-order chi connectivity index (χ0) is 5.70. The number of rotatable bonds is 3.